The third-order valence-electron chi connectivity index (χ3n) is 2.82. The average molecular weight is 276 g/mol. The fraction of sp³-hybridized carbons (Fsp3) is 0.500. The van der Waals surface area contributed by atoms with Crippen molar-refractivity contribution >= 4 is 6.29 Å². The second-order valence-electron chi connectivity index (χ2n) is 4.65. The average Bonchev–Trinajstić information content (AvgIpc) is 2.47. The van der Waals surface area contributed by atoms with Gasteiger partial charge < -0.3 is 9.90 Å². The molecular formula is C18H28O2. The molecule has 20 heavy (non-hydrogen) atoms. The maximum Gasteiger partial charge on any atom is 0.119 e. The third-order valence-corrected chi connectivity index (χ3v) is 2.82. The van der Waals surface area contributed by atoms with Crippen molar-refractivity contribution in [3.05, 3.63) is 48.6 Å². The predicted octanol–water partition coefficient (Wildman–Crippen LogP) is 4.52. The van der Waals surface area contributed by atoms with Crippen LogP contribution in [-0.2, 0) is 4.79 Å². The van der Waals surface area contributed by atoms with Crippen LogP contribution in [-0.4, -0.2) is 17.5 Å². The van der Waals surface area contributed by atoms with Crippen molar-refractivity contribution in [3.63, 3.8) is 0 Å². The molecule has 0 fully saturated rings. The molecule has 0 saturated carbocycles. The van der Waals surface area contributed by atoms with E-state index < -0.39 is 0 Å². The first kappa shape index (κ1) is 18.6. The minimum Gasteiger partial charge on any atom is -0.389 e. The highest BCUT2D eigenvalue weighted by Crippen LogP contribution is 2.00. The molecule has 0 amide bonds. The van der Waals surface area contributed by atoms with Crippen molar-refractivity contribution in [2.75, 3.05) is 0 Å². The lowest BCUT2D eigenvalue weighted by molar-refractivity contribution is -0.107. The van der Waals surface area contributed by atoms with Crippen molar-refractivity contribution in [2.24, 2.45) is 0 Å². The van der Waals surface area contributed by atoms with Gasteiger partial charge in [-0.25, -0.2) is 0 Å². The number of unbranched alkanes of at least 4 members (excludes halogenated alkanes) is 3. The minimum absolute atomic E-state index is 0.327. The molecule has 0 aromatic heterocycles. The van der Waals surface area contributed by atoms with Crippen molar-refractivity contribution < 1.29 is 9.90 Å². The summed E-state index contributed by atoms with van der Waals surface area (Å²) in [5.74, 6) is 0. The summed E-state index contributed by atoms with van der Waals surface area (Å²) in [6.07, 6.45) is 23.5. The van der Waals surface area contributed by atoms with E-state index in [1.807, 2.05) is 19.1 Å². The Morgan fingerprint density at radius 3 is 2.25 bits per heavy atom. The zero-order valence-electron chi connectivity index (χ0n) is 12.6. The largest absolute Gasteiger partial charge is 0.389 e. The van der Waals surface area contributed by atoms with Crippen LogP contribution >= 0.6 is 0 Å². The van der Waals surface area contributed by atoms with Crippen LogP contribution in [0.2, 0.25) is 0 Å². The molecule has 0 aromatic rings. The minimum atomic E-state index is -0.327. The van der Waals surface area contributed by atoms with Gasteiger partial charge in [0.05, 0.1) is 6.10 Å². The molecule has 0 rings (SSSR count). The number of hydrogen-bond acceptors (Lipinski definition) is 2. The molecule has 0 saturated heterocycles. The summed E-state index contributed by atoms with van der Waals surface area (Å²) in [6.45, 7) is 1.96. The highest BCUT2D eigenvalue weighted by atomic mass is 16.3. The highest BCUT2D eigenvalue weighted by molar-refractivity contribution is 5.48. The Kier molecular flexibility index (Phi) is 14.5. The molecule has 112 valence electrons. The molecule has 2 nitrogen and oxygen atoms in total. The number of aldehydes is 1. The van der Waals surface area contributed by atoms with Crippen molar-refractivity contribution in [2.45, 2.75) is 58.0 Å². The molecule has 0 aromatic carbocycles. The topological polar surface area (TPSA) is 37.3 Å². The third kappa shape index (κ3) is 14.7. The number of aliphatic hydroxyl groups excluding tert-OH is 1. The number of rotatable bonds is 12. The molecule has 0 spiro atoms. The van der Waals surface area contributed by atoms with Crippen LogP contribution < -0.4 is 0 Å². The number of hydrogen-bond donors (Lipinski definition) is 1. The summed E-state index contributed by atoms with van der Waals surface area (Å²) < 4.78 is 0. The molecule has 0 aliphatic carbocycles. The van der Waals surface area contributed by atoms with Gasteiger partial charge in [-0.2, -0.15) is 0 Å². The van der Waals surface area contributed by atoms with E-state index >= 15 is 0 Å². The van der Waals surface area contributed by atoms with Gasteiger partial charge in [-0.1, -0.05) is 55.5 Å². The van der Waals surface area contributed by atoms with Crippen LogP contribution in [0.3, 0.4) is 0 Å². The summed E-state index contributed by atoms with van der Waals surface area (Å²) in [6, 6.07) is 0. The van der Waals surface area contributed by atoms with Gasteiger partial charge in [0.1, 0.15) is 6.29 Å². The Morgan fingerprint density at radius 1 is 0.900 bits per heavy atom. The smallest absolute Gasteiger partial charge is 0.119 e. The Bertz CT molecular complexity index is 324. The van der Waals surface area contributed by atoms with Crippen LogP contribution in [0, 0.1) is 0 Å². The van der Waals surface area contributed by atoms with Crippen LogP contribution in [0.15, 0.2) is 48.6 Å². The summed E-state index contributed by atoms with van der Waals surface area (Å²) in [5, 5.41) is 9.29. The molecule has 0 aliphatic rings. The van der Waals surface area contributed by atoms with E-state index in [2.05, 4.69) is 30.4 Å². The first-order valence-electron chi connectivity index (χ1n) is 7.56. The number of aliphatic hydroxyl groups is 1. The molecule has 0 radical (unpaired) electrons. The fourth-order valence-electron chi connectivity index (χ4n) is 1.54. The summed E-state index contributed by atoms with van der Waals surface area (Å²) in [4.78, 5) is 10.1. The summed E-state index contributed by atoms with van der Waals surface area (Å²) in [5.41, 5.74) is 0. The SMILES string of the molecule is CCC(O)/C=C/C=C\C/C=C\C/C=C\CCCCC=O. The van der Waals surface area contributed by atoms with Gasteiger partial charge in [0.15, 0.2) is 0 Å². The molecule has 2 heteroatoms. The lowest BCUT2D eigenvalue weighted by Crippen LogP contribution is -1.97. The monoisotopic (exact) mass is 276 g/mol. The highest BCUT2D eigenvalue weighted by Gasteiger charge is 1.89. The maximum absolute atomic E-state index is 10.1. The molecule has 1 atom stereocenters. The first-order chi connectivity index (χ1) is 9.81. The molecular weight excluding hydrogens is 248 g/mol. The lowest BCUT2D eigenvalue weighted by Gasteiger charge is -1.96. The van der Waals surface area contributed by atoms with Crippen molar-refractivity contribution in [3.8, 4) is 0 Å². The molecule has 0 aliphatic heterocycles. The van der Waals surface area contributed by atoms with Gasteiger partial charge in [0.25, 0.3) is 0 Å². The summed E-state index contributed by atoms with van der Waals surface area (Å²) in [7, 11) is 0. The second-order valence-corrected chi connectivity index (χ2v) is 4.65. The maximum atomic E-state index is 10.1. The normalized spacial score (nSPS) is 14.1. The number of allylic oxidation sites excluding steroid dienone is 7. The van der Waals surface area contributed by atoms with Gasteiger partial charge in [0.2, 0.25) is 0 Å². The number of carbonyl (C=O) groups is 1. The van der Waals surface area contributed by atoms with Gasteiger partial charge in [-0.15, -0.1) is 0 Å². The van der Waals surface area contributed by atoms with Crippen LogP contribution in [0.25, 0.3) is 0 Å². The predicted molar refractivity (Wildman–Crippen MR) is 86.6 cm³/mol. The lowest BCUT2D eigenvalue weighted by atomic mass is 10.2. The van der Waals surface area contributed by atoms with Gasteiger partial charge >= 0.3 is 0 Å². The Labute approximate surface area is 123 Å². The Morgan fingerprint density at radius 2 is 1.55 bits per heavy atom. The van der Waals surface area contributed by atoms with Gasteiger partial charge in [-0.3, -0.25) is 0 Å². The zero-order valence-corrected chi connectivity index (χ0v) is 12.6. The van der Waals surface area contributed by atoms with E-state index in [9.17, 15) is 9.90 Å². The molecule has 0 heterocycles. The van der Waals surface area contributed by atoms with Crippen molar-refractivity contribution in [1.29, 1.82) is 0 Å². The van der Waals surface area contributed by atoms with E-state index in [1.165, 1.54) is 0 Å². The first-order valence-corrected chi connectivity index (χ1v) is 7.56. The van der Waals surface area contributed by atoms with E-state index in [0.717, 1.165) is 44.8 Å². The van der Waals surface area contributed by atoms with Crippen LogP contribution in [0.5, 0.6) is 0 Å². The zero-order chi connectivity index (χ0) is 14.9. The van der Waals surface area contributed by atoms with Crippen LogP contribution in [0.4, 0.5) is 0 Å². The quantitative estimate of drug-likeness (QED) is 0.246. The van der Waals surface area contributed by atoms with E-state index in [4.69, 9.17) is 0 Å². The van der Waals surface area contributed by atoms with Gasteiger partial charge in [0, 0.05) is 6.42 Å². The van der Waals surface area contributed by atoms with Crippen molar-refractivity contribution in [1.82, 2.24) is 0 Å². The van der Waals surface area contributed by atoms with Crippen LogP contribution in [0.1, 0.15) is 51.9 Å². The standard InChI is InChI=1S/C18H28O2/c1-2-18(20)16-14-12-10-8-6-4-3-5-7-9-11-13-15-17-19/h4-7,10,12,14,16-18,20H,2-3,8-9,11,13,15H2,1H3/b6-4-,7-5-,12-10-,16-14+. The van der Waals surface area contributed by atoms with E-state index in [1.54, 1.807) is 6.08 Å². The Balaban J connectivity index is 3.48. The summed E-state index contributed by atoms with van der Waals surface area (Å²) >= 11 is 0. The molecule has 0 bridgehead atoms. The van der Waals surface area contributed by atoms with E-state index in [0.29, 0.717) is 6.42 Å². The van der Waals surface area contributed by atoms with Gasteiger partial charge in [-0.05, 0) is 38.5 Å². The fourth-order valence-corrected chi connectivity index (χ4v) is 1.54. The molecule has 1 N–H and O–H groups in total. The Hall–Kier alpha value is -1.41. The molecule has 1 unspecified atom stereocenters. The van der Waals surface area contributed by atoms with E-state index in [-0.39, 0.29) is 6.10 Å². The second kappa shape index (κ2) is 15.6. The number of carbonyl (C=O) groups excluding carboxylic acids is 1.